The van der Waals surface area contributed by atoms with Gasteiger partial charge in [0.25, 0.3) is 5.91 Å². The van der Waals surface area contributed by atoms with Gasteiger partial charge in [-0.25, -0.2) is 9.07 Å². The molecular formula is C34H33FN6O4. The molecule has 0 aliphatic carbocycles. The molecule has 10 nitrogen and oxygen atoms in total. The Morgan fingerprint density at radius 2 is 1.73 bits per heavy atom. The molecule has 1 N–H and O–H groups in total. The molecule has 0 saturated carbocycles. The first-order valence-electron chi connectivity index (χ1n) is 14.7. The summed E-state index contributed by atoms with van der Waals surface area (Å²) >= 11 is 0. The first-order valence-corrected chi connectivity index (χ1v) is 14.7. The van der Waals surface area contributed by atoms with Crippen molar-refractivity contribution in [2.24, 2.45) is 0 Å². The first-order chi connectivity index (χ1) is 22.0. The number of para-hydroxylation sites is 1. The van der Waals surface area contributed by atoms with E-state index in [-0.39, 0.29) is 13.1 Å². The molecule has 1 saturated heterocycles. The van der Waals surface area contributed by atoms with Gasteiger partial charge in [0.15, 0.2) is 0 Å². The molecule has 2 heterocycles. The minimum absolute atomic E-state index is 0.0695. The van der Waals surface area contributed by atoms with Crippen LogP contribution in [0.1, 0.15) is 17.2 Å². The molecule has 1 unspecified atom stereocenters. The highest BCUT2D eigenvalue weighted by Crippen LogP contribution is 2.28. The predicted octanol–water partition coefficient (Wildman–Crippen LogP) is 4.82. The average Bonchev–Trinajstić information content (AvgIpc) is 3.48. The summed E-state index contributed by atoms with van der Waals surface area (Å²) in [5.41, 5.74) is 4.00. The highest BCUT2D eigenvalue weighted by atomic mass is 19.1. The number of methoxy groups -OCH3 is 1. The normalized spacial score (nSPS) is 13.8. The maximum atomic E-state index is 14.6. The number of benzene rings is 4. The molecule has 1 aliphatic rings. The Kier molecular flexibility index (Phi) is 8.97. The zero-order valence-corrected chi connectivity index (χ0v) is 24.8. The van der Waals surface area contributed by atoms with E-state index in [1.165, 1.54) is 27.8 Å². The molecule has 45 heavy (non-hydrogen) atoms. The summed E-state index contributed by atoms with van der Waals surface area (Å²) in [7, 11) is 1.57. The van der Waals surface area contributed by atoms with Crippen LogP contribution in [0, 0.1) is 5.82 Å². The molecule has 1 fully saturated rings. The zero-order chi connectivity index (χ0) is 31.2. The summed E-state index contributed by atoms with van der Waals surface area (Å²) in [4.78, 5) is 32.0. The fourth-order valence-corrected chi connectivity index (χ4v) is 5.44. The van der Waals surface area contributed by atoms with Crippen LogP contribution in [0.25, 0.3) is 11.0 Å². The molecule has 2 amide bonds. The van der Waals surface area contributed by atoms with Gasteiger partial charge in [-0.3, -0.25) is 9.59 Å². The highest BCUT2D eigenvalue weighted by Gasteiger charge is 2.33. The SMILES string of the molecule is COc1ccc(CN(C(=O)Cn2nnc3ccccc32)C(C(=O)Nc2ccc(N3CCOCC3)cc2)c2cccc(F)c2)cc1. The second kappa shape index (κ2) is 13.6. The molecule has 1 aliphatic heterocycles. The van der Waals surface area contributed by atoms with E-state index in [2.05, 4.69) is 20.5 Å². The molecule has 5 aromatic rings. The van der Waals surface area contributed by atoms with Crippen molar-refractivity contribution in [3.05, 3.63) is 114 Å². The Bertz CT molecular complexity index is 1770. The molecule has 4 aromatic carbocycles. The Labute approximate surface area is 260 Å². The van der Waals surface area contributed by atoms with Crippen molar-refractivity contribution < 1.29 is 23.5 Å². The van der Waals surface area contributed by atoms with Gasteiger partial charge in [-0.2, -0.15) is 0 Å². The van der Waals surface area contributed by atoms with E-state index in [0.29, 0.717) is 41.2 Å². The van der Waals surface area contributed by atoms with Gasteiger partial charge in [0.05, 0.1) is 25.8 Å². The van der Waals surface area contributed by atoms with Gasteiger partial charge in [0, 0.05) is 31.0 Å². The quantitative estimate of drug-likeness (QED) is 0.243. The molecule has 1 atom stereocenters. The summed E-state index contributed by atoms with van der Waals surface area (Å²) in [6.07, 6.45) is 0. The summed E-state index contributed by atoms with van der Waals surface area (Å²) < 4.78 is 26.9. The molecule has 0 spiro atoms. The number of carbonyl (C=O) groups is 2. The standard InChI is InChI=1S/C34H33FN6O4/c1-44-29-15-9-24(10-16-29)22-40(32(42)23-41-31-8-3-2-7-30(31)37-38-41)33(25-5-4-6-26(35)21-25)34(43)36-27-11-13-28(14-12-27)39-17-19-45-20-18-39/h2-16,21,33H,17-20,22-23H2,1H3,(H,36,43). The monoisotopic (exact) mass is 608 g/mol. The van der Waals surface area contributed by atoms with Crippen molar-refractivity contribution in [3.63, 3.8) is 0 Å². The number of ether oxygens (including phenoxy) is 2. The Morgan fingerprint density at radius 1 is 0.978 bits per heavy atom. The number of anilines is 2. The van der Waals surface area contributed by atoms with Crippen LogP contribution < -0.4 is 15.0 Å². The van der Waals surface area contributed by atoms with Crippen LogP contribution in [0.3, 0.4) is 0 Å². The van der Waals surface area contributed by atoms with Crippen molar-refractivity contribution >= 4 is 34.2 Å². The lowest BCUT2D eigenvalue weighted by atomic mass is 10.0. The van der Waals surface area contributed by atoms with Crippen LogP contribution >= 0.6 is 0 Å². The molecule has 230 valence electrons. The fourth-order valence-electron chi connectivity index (χ4n) is 5.44. The van der Waals surface area contributed by atoms with E-state index < -0.39 is 23.7 Å². The zero-order valence-electron chi connectivity index (χ0n) is 24.8. The van der Waals surface area contributed by atoms with Gasteiger partial charge in [0.1, 0.15) is 29.7 Å². The Balaban J connectivity index is 1.34. The number of amides is 2. The van der Waals surface area contributed by atoms with E-state index in [0.717, 1.165) is 24.3 Å². The second-order valence-electron chi connectivity index (χ2n) is 10.7. The minimum Gasteiger partial charge on any atom is -0.497 e. The van der Waals surface area contributed by atoms with Gasteiger partial charge >= 0.3 is 0 Å². The minimum atomic E-state index is -1.16. The van der Waals surface area contributed by atoms with E-state index in [9.17, 15) is 14.0 Å². The Morgan fingerprint density at radius 3 is 2.47 bits per heavy atom. The van der Waals surface area contributed by atoms with Gasteiger partial charge in [-0.05, 0) is 71.8 Å². The van der Waals surface area contributed by atoms with E-state index in [1.54, 1.807) is 25.3 Å². The largest absolute Gasteiger partial charge is 0.497 e. The number of hydrogen-bond donors (Lipinski definition) is 1. The van der Waals surface area contributed by atoms with Gasteiger partial charge in [0.2, 0.25) is 5.91 Å². The van der Waals surface area contributed by atoms with Gasteiger partial charge < -0.3 is 24.6 Å². The van der Waals surface area contributed by atoms with Gasteiger partial charge in [-0.15, -0.1) is 5.10 Å². The summed E-state index contributed by atoms with van der Waals surface area (Å²) in [5, 5.41) is 11.3. The van der Waals surface area contributed by atoms with E-state index >= 15 is 0 Å². The first kappa shape index (κ1) is 29.8. The van der Waals surface area contributed by atoms with Crippen LogP contribution in [0.2, 0.25) is 0 Å². The smallest absolute Gasteiger partial charge is 0.251 e. The third-order valence-corrected chi connectivity index (χ3v) is 7.77. The Hall–Kier alpha value is -5.29. The van der Waals surface area contributed by atoms with Crippen molar-refractivity contribution in [1.29, 1.82) is 0 Å². The summed E-state index contributed by atoms with van der Waals surface area (Å²) in [6.45, 7) is 2.80. The van der Waals surface area contributed by atoms with Crippen LogP contribution in [-0.4, -0.2) is 65.1 Å². The van der Waals surface area contributed by atoms with E-state index in [1.807, 2.05) is 60.7 Å². The summed E-state index contributed by atoms with van der Waals surface area (Å²) in [6, 6.07) is 26.7. The number of fused-ring (bicyclic) bond motifs is 1. The number of hydrogen-bond acceptors (Lipinski definition) is 7. The summed E-state index contributed by atoms with van der Waals surface area (Å²) in [5.74, 6) is -0.733. The number of aromatic nitrogens is 3. The number of halogens is 1. The molecule has 0 bridgehead atoms. The number of nitrogens with one attached hydrogen (secondary N) is 1. The van der Waals surface area contributed by atoms with E-state index in [4.69, 9.17) is 9.47 Å². The molecule has 1 aromatic heterocycles. The maximum Gasteiger partial charge on any atom is 0.251 e. The third-order valence-electron chi connectivity index (χ3n) is 7.77. The lowest BCUT2D eigenvalue weighted by Gasteiger charge is -2.32. The van der Waals surface area contributed by atoms with Crippen LogP contribution in [-0.2, 0) is 27.4 Å². The van der Waals surface area contributed by atoms with Crippen molar-refractivity contribution in [3.8, 4) is 5.75 Å². The van der Waals surface area contributed by atoms with Crippen LogP contribution in [0.15, 0.2) is 97.1 Å². The topological polar surface area (TPSA) is 102 Å². The molecule has 11 heteroatoms. The van der Waals surface area contributed by atoms with Crippen LogP contribution in [0.5, 0.6) is 5.75 Å². The second-order valence-corrected chi connectivity index (χ2v) is 10.7. The highest BCUT2D eigenvalue weighted by molar-refractivity contribution is 5.98. The number of morpholine rings is 1. The number of nitrogens with zero attached hydrogens (tertiary/aromatic N) is 5. The lowest BCUT2D eigenvalue weighted by molar-refractivity contribution is -0.140. The molecular weight excluding hydrogens is 575 g/mol. The molecule has 0 radical (unpaired) electrons. The fraction of sp³-hybridized carbons (Fsp3) is 0.235. The predicted molar refractivity (Wildman–Crippen MR) is 168 cm³/mol. The van der Waals surface area contributed by atoms with Crippen LogP contribution in [0.4, 0.5) is 15.8 Å². The van der Waals surface area contributed by atoms with Crippen molar-refractivity contribution in [2.45, 2.75) is 19.1 Å². The number of rotatable bonds is 10. The average molecular weight is 609 g/mol. The molecule has 6 rings (SSSR count). The van der Waals surface area contributed by atoms with Crippen molar-refractivity contribution in [2.75, 3.05) is 43.6 Å². The van der Waals surface area contributed by atoms with Gasteiger partial charge in [-0.1, -0.05) is 41.6 Å². The number of carbonyl (C=O) groups excluding carboxylic acids is 2. The van der Waals surface area contributed by atoms with Crippen molar-refractivity contribution in [1.82, 2.24) is 19.9 Å². The third kappa shape index (κ3) is 6.94. The lowest BCUT2D eigenvalue weighted by Crippen LogP contribution is -2.42. The maximum absolute atomic E-state index is 14.6.